The molecule has 0 atom stereocenters. The quantitative estimate of drug-likeness (QED) is 0.767. The second-order valence-corrected chi connectivity index (χ2v) is 4.63. The molecule has 1 aromatic rings. The Morgan fingerprint density at radius 2 is 2.11 bits per heavy atom. The molecule has 0 aliphatic heterocycles. The molecule has 1 aliphatic rings. The van der Waals surface area contributed by atoms with Crippen molar-refractivity contribution in [1.82, 2.24) is 9.97 Å². The van der Waals surface area contributed by atoms with Gasteiger partial charge in [-0.05, 0) is 18.9 Å². The van der Waals surface area contributed by atoms with Gasteiger partial charge in [-0.3, -0.25) is 0 Å². The monoisotopic (exact) mass is 249 g/mol. The van der Waals surface area contributed by atoms with Gasteiger partial charge in [-0.15, -0.1) is 0 Å². The molecule has 18 heavy (non-hydrogen) atoms. The Balaban J connectivity index is 2.14. The predicted molar refractivity (Wildman–Crippen MR) is 68.6 cm³/mol. The molecule has 98 valence electrons. The lowest BCUT2D eigenvalue weighted by Gasteiger charge is -2.32. The van der Waals surface area contributed by atoms with Gasteiger partial charge in [-0.2, -0.15) is 0 Å². The summed E-state index contributed by atoms with van der Waals surface area (Å²) in [6.07, 6.45) is 7.84. The van der Waals surface area contributed by atoms with Crippen molar-refractivity contribution in [3.8, 4) is 0 Å². The number of hydrogen-bond donors (Lipinski definition) is 0. The van der Waals surface area contributed by atoms with Crippen LogP contribution in [0.25, 0.3) is 0 Å². The molecule has 1 aliphatic carbocycles. The van der Waals surface area contributed by atoms with Gasteiger partial charge in [-0.25, -0.2) is 14.8 Å². The molecule has 5 nitrogen and oxygen atoms in total. The van der Waals surface area contributed by atoms with E-state index in [-0.39, 0.29) is 5.82 Å². The van der Waals surface area contributed by atoms with Crippen molar-refractivity contribution in [2.75, 3.05) is 19.1 Å². The van der Waals surface area contributed by atoms with Gasteiger partial charge in [0.15, 0.2) is 0 Å². The zero-order valence-corrected chi connectivity index (χ0v) is 10.9. The summed E-state index contributed by atoms with van der Waals surface area (Å²) < 4.78 is 4.63. The first-order valence-corrected chi connectivity index (χ1v) is 6.36. The number of ether oxygens (including phenoxy) is 1. The topological polar surface area (TPSA) is 55.3 Å². The lowest BCUT2D eigenvalue weighted by atomic mass is 9.94. The van der Waals surface area contributed by atoms with Crippen molar-refractivity contribution >= 4 is 11.8 Å². The first-order valence-electron chi connectivity index (χ1n) is 6.36. The smallest absolute Gasteiger partial charge is 0.376 e. The number of carbonyl (C=O) groups excluding carboxylic acids is 1. The summed E-state index contributed by atoms with van der Waals surface area (Å²) in [5.74, 6) is 0.420. The summed E-state index contributed by atoms with van der Waals surface area (Å²) in [4.78, 5) is 21.7. The number of hydrogen-bond acceptors (Lipinski definition) is 5. The fourth-order valence-corrected chi connectivity index (χ4v) is 2.39. The van der Waals surface area contributed by atoms with Crippen molar-refractivity contribution in [2.24, 2.45) is 0 Å². The number of rotatable bonds is 3. The summed E-state index contributed by atoms with van der Waals surface area (Å²) in [6.45, 7) is 0. The van der Waals surface area contributed by atoms with E-state index in [9.17, 15) is 4.79 Å². The predicted octanol–water partition coefficient (Wildman–Crippen LogP) is 2.03. The van der Waals surface area contributed by atoms with Crippen LogP contribution in [0.1, 0.15) is 42.7 Å². The molecule has 0 radical (unpaired) electrons. The first kappa shape index (κ1) is 12.8. The molecule has 1 saturated carbocycles. The maximum Gasteiger partial charge on any atom is 0.376 e. The lowest BCUT2D eigenvalue weighted by molar-refractivity contribution is 0.0586. The Kier molecular flexibility index (Phi) is 4.12. The number of carbonyl (C=O) groups is 1. The molecule has 0 spiro atoms. The fourth-order valence-electron chi connectivity index (χ4n) is 2.39. The third-order valence-electron chi connectivity index (χ3n) is 3.49. The third-order valence-corrected chi connectivity index (χ3v) is 3.49. The molecule has 0 amide bonds. The lowest BCUT2D eigenvalue weighted by Crippen LogP contribution is -2.34. The summed E-state index contributed by atoms with van der Waals surface area (Å²) in [7, 11) is 3.36. The Morgan fingerprint density at radius 3 is 2.78 bits per heavy atom. The maximum absolute atomic E-state index is 11.4. The summed E-state index contributed by atoms with van der Waals surface area (Å²) in [6, 6.07) is 2.35. The number of methoxy groups -OCH3 is 1. The van der Waals surface area contributed by atoms with E-state index in [0.29, 0.717) is 6.04 Å². The molecule has 0 N–H and O–H groups in total. The van der Waals surface area contributed by atoms with Crippen LogP contribution in [0.4, 0.5) is 5.82 Å². The molecular weight excluding hydrogens is 230 g/mol. The largest absolute Gasteiger partial charge is 0.463 e. The average molecular weight is 249 g/mol. The fraction of sp³-hybridized carbons (Fsp3) is 0.615. The highest BCUT2D eigenvalue weighted by Gasteiger charge is 2.20. The Bertz CT molecular complexity index is 416. The molecule has 1 fully saturated rings. The van der Waals surface area contributed by atoms with Gasteiger partial charge < -0.3 is 9.64 Å². The number of anilines is 1. The van der Waals surface area contributed by atoms with Crippen LogP contribution in [0.3, 0.4) is 0 Å². The van der Waals surface area contributed by atoms with Gasteiger partial charge >= 0.3 is 5.97 Å². The molecule has 1 heterocycles. The average Bonchev–Trinajstić information content (AvgIpc) is 2.46. The van der Waals surface area contributed by atoms with E-state index >= 15 is 0 Å². The highest BCUT2D eigenvalue weighted by atomic mass is 16.5. The molecule has 0 bridgehead atoms. The van der Waals surface area contributed by atoms with Crippen LogP contribution in [0.5, 0.6) is 0 Å². The molecule has 5 heteroatoms. The zero-order chi connectivity index (χ0) is 13.0. The van der Waals surface area contributed by atoms with Crippen LogP contribution >= 0.6 is 0 Å². The molecule has 0 aromatic carbocycles. The highest BCUT2D eigenvalue weighted by molar-refractivity contribution is 5.85. The second-order valence-electron chi connectivity index (χ2n) is 4.63. The van der Waals surface area contributed by atoms with Gasteiger partial charge in [0, 0.05) is 19.3 Å². The van der Waals surface area contributed by atoms with E-state index in [1.54, 1.807) is 6.20 Å². The Labute approximate surface area is 107 Å². The summed E-state index contributed by atoms with van der Waals surface area (Å²) in [5.41, 5.74) is 0. The minimum atomic E-state index is -0.492. The van der Waals surface area contributed by atoms with Crippen molar-refractivity contribution in [3.63, 3.8) is 0 Å². The SMILES string of the molecule is COC(=O)c1nccc(N(C)C2CCCCC2)n1. The van der Waals surface area contributed by atoms with Crippen molar-refractivity contribution in [2.45, 2.75) is 38.1 Å². The van der Waals surface area contributed by atoms with Crippen molar-refractivity contribution in [3.05, 3.63) is 18.1 Å². The van der Waals surface area contributed by atoms with Gasteiger partial charge in [0.2, 0.25) is 5.82 Å². The van der Waals surface area contributed by atoms with E-state index in [1.165, 1.54) is 39.2 Å². The van der Waals surface area contributed by atoms with Crippen LogP contribution in [0.15, 0.2) is 12.3 Å². The van der Waals surface area contributed by atoms with E-state index in [2.05, 4.69) is 19.6 Å². The van der Waals surface area contributed by atoms with E-state index < -0.39 is 5.97 Å². The van der Waals surface area contributed by atoms with E-state index in [4.69, 9.17) is 0 Å². The van der Waals surface area contributed by atoms with Crippen LogP contribution in [0, 0.1) is 0 Å². The van der Waals surface area contributed by atoms with E-state index in [0.717, 1.165) is 5.82 Å². The summed E-state index contributed by atoms with van der Waals surface area (Å²) >= 11 is 0. The second kappa shape index (κ2) is 5.80. The van der Waals surface area contributed by atoms with Gasteiger partial charge in [-0.1, -0.05) is 19.3 Å². The molecule has 2 rings (SSSR count). The molecule has 0 unspecified atom stereocenters. The molecule has 1 aromatic heterocycles. The Morgan fingerprint density at radius 1 is 1.39 bits per heavy atom. The maximum atomic E-state index is 11.4. The normalized spacial score (nSPS) is 16.3. The molecular formula is C13H19N3O2. The summed E-state index contributed by atoms with van der Waals surface area (Å²) in [5, 5.41) is 0. The Hall–Kier alpha value is -1.65. The molecule has 0 saturated heterocycles. The van der Waals surface area contributed by atoms with Crippen LogP contribution < -0.4 is 4.90 Å². The van der Waals surface area contributed by atoms with Gasteiger partial charge in [0.1, 0.15) is 5.82 Å². The minimum absolute atomic E-state index is 0.123. The minimum Gasteiger partial charge on any atom is -0.463 e. The van der Waals surface area contributed by atoms with Gasteiger partial charge in [0.25, 0.3) is 0 Å². The van der Waals surface area contributed by atoms with Crippen molar-refractivity contribution < 1.29 is 9.53 Å². The first-order chi connectivity index (χ1) is 8.72. The number of esters is 1. The van der Waals surface area contributed by atoms with Crippen molar-refractivity contribution in [1.29, 1.82) is 0 Å². The number of aromatic nitrogens is 2. The van der Waals surface area contributed by atoms with Crippen LogP contribution in [-0.4, -0.2) is 36.1 Å². The zero-order valence-electron chi connectivity index (χ0n) is 10.9. The number of nitrogens with zero attached hydrogens (tertiary/aromatic N) is 3. The standard InChI is InChI=1S/C13H19N3O2/c1-16(10-6-4-3-5-7-10)11-8-9-14-12(15-11)13(17)18-2/h8-10H,3-7H2,1-2H3. The van der Waals surface area contributed by atoms with E-state index in [1.807, 2.05) is 13.1 Å². The third kappa shape index (κ3) is 2.78. The van der Waals surface area contributed by atoms with Crippen LogP contribution in [0.2, 0.25) is 0 Å². The van der Waals surface area contributed by atoms with Gasteiger partial charge in [0.05, 0.1) is 7.11 Å². The van der Waals surface area contributed by atoms with Crippen LogP contribution in [-0.2, 0) is 4.74 Å². The highest BCUT2D eigenvalue weighted by Crippen LogP contribution is 2.24.